The van der Waals surface area contributed by atoms with Gasteiger partial charge in [0.1, 0.15) is 4.99 Å². The van der Waals surface area contributed by atoms with Crippen LogP contribution in [0.5, 0.6) is 0 Å². The quantitative estimate of drug-likeness (QED) is 0.852. The Morgan fingerprint density at radius 2 is 1.86 bits per heavy atom. The summed E-state index contributed by atoms with van der Waals surface area (Å²) in [5.41, 5.74) is 6.52. The van der Waals surface area contributed by atoms with Gasteiger partial charge in [-0.2, -0.15) is 0 Å². The summed E-state index contributed by atoms with van der Waals surface area (Å²) in [5.74, 6) is 0. The van der Waals surface area contributed by atoms with Crippen molar-refractivity contribution in [2.75, 3.05) is 10.8 Å². The largest absolute Gasteiger partial charge is 0.389 e. The van der Waals surface area contributed by atoms with Gasteiger partial charge >= 0.3 is 0 Å². The minimum atomic E-state index is -3.74. The third-order valence-corrected chi connectivity index (χ3v) is 5.14. The Hall–Kier alpha value is -1.99. The second kappa shape index (κ2) is 6.19. The van der Waals surface area contributed by atoms with Gasteiger partial charge in [-0.25, -0.2) is 8.42 Å². The highest BCUT2D eigenvalue weighted by Gasteiger charge is 2.26. The Balaban J connectivity index is 2.59. The molecule has 0 saturated carbocycles. The summed E-state index contributed by atoms with van der Waals surface area (Å²) >= 11 is 4.94. The lowest BCUT2D eigenvalue weighted by atomic mass is 10.2. The molecule has 1 heterocycles. The Morgan fingerprint density at radius 3 is 2.43 bits per heavy atom. The van der Waals surface area contributed by atoms with E-state index in [0.717, 1.165) is 0 Å². The van der Waals surface area contributed by atoms with E-state index in [1.165, 1.54) is 10.4 Å². The number of nitrogens with zero attached hydrogens (tertiary/aromatic N) is 2. The van der Waals surface area contributed by atoms with Crippen molar-refractivity contribution in [3.8, 4) is 0 Å². The lowest BCUT2D eigenvalue weighted by Gasteiger charge is -2.23. The van der Waals surface area contributed by atoms with Gasteiger partial charge in [0.15, 0.2) is 0 Å². The molecule has 1 aromatic carbocycles. The molecule has 0 aliphatic carbocycles. The SMILES string of the molecule is CCN(c1ccncc1)S(=O)(=O)c1ccccc1C(N)=S. The van der Waals surface area contributed by atoms with Gasteiger partial charge in [0, 0.05) is 24.5 Å². The maximum absolute atomic E-state index is 12.9. The maximum Gasteiger partial charge on any atom is 0.265 e. The number of nitrogens with two attached hydrogens (primary N) is 1. The van der Waals surface area contributed by atoms with Crippen LogP contribution in [0.3, 0.4) is 0 Å². The first-order valence-corrected chi connectivity index (χ1v) is 8.15. The van der Waals surface area contributed by atoms with Crippen molar-refractivity contribution in [2.24, 2.45) is 5.73 Å². The zero-order valence-electron chi connectivity index (χ0n) is 11.4. The molecule has 0 radical (unpaired) electrons. The van der Waals surface area contributed by atoms with E-state index in [1.807, 2.05) is 0 Å². The van der Waals surface area contributed by atoms with Crippen LogP contribution in [0.25, 0.3) is 0 Å². The molecule has 5 nitrogen and oxygen atoms in total. The molecule has 2 N–H and O–H groups in total. The molecule has 0 fully saturated rings. The second-order valence-electron chi connectivity index (χ2n) is 4.24. The highest BCUT2D eigenvalue weighted by molar-refractivity contribution is 7.93. The van der Waals surface area contributed by atoms with Crippen molar-refractivity contribution in [3.05, 3.63) is 54.4 Å². The molecule has 0 unspecified atom stereocenters. The van der Waals surface area contributed by atoms with E-state index >= 15 is 0 Å². The van der Waals surface area contributed by atoms with Crippen LogP contribution in [0, 0.1) is 0 Å². The Bertz CT molecular complexity index is 746. The molecule has 1 aromatic heterocycles. The van der Waals surface area contributed by atoms with Gasteiger partial charge in [-0.3, -0.25) is 9.29 Å². The van der Waals surface area contributed by atoms with Crippen LogP contribution >= 0.6 is 12.2 Å². The number of rotatable bonds is 5. The number of thiocarbonyl (C=S) groups is 1. The van der Waals surface area contributed by atoms with E-state index < -0.39 is 10.0 Å². The molecule has 110 valence electrons. The lowest BCUT2D eigenvalue weighted by Crippen LogP contribution is -2.32. The molecular formula is C14H15N3O2S2. The Morgan fingerprint density at radius 1 is 1.24 bits per heavy atom. The summed E-state index contributed by atoms with van der Waals surface area (Å²) in [4.78, 5) is 4.06. The molecule has 0 aliphatic rings. The predicted octanol–water partition coefficient (Wildman–Crippen LogP) is 1.93. The van der Waals surface area contributed by atoms with E-state index in [9.17, 15) is 8.42 Å². The predicted molar refractivity (Wildman–Crippen MR) is 86.8 cm³/mol. The molecule has 0 saturated heterocycles. The third kappa shape index (κ3) is 3.03. The van der Waals surface area contributed by atoms with Crippen LogP contribution in [0.2, 0.25) is 0 Å². The van der Waals surface area contributed by atoms with Gasteiger partial charge in [0.05, 0.1) is 10.6 Å². The standard InChI is InChI=1S/C14H15N3O2S2/c1-2-17(11-7-9-16-10-8-11)21(18,19)13-6-4-3-5-12(13)14(15)20/h3-10H,2H2,1H3,(H2,15,20). The smallest absolute Gasteiger partial charge is 0.265 e. The van der Waals surface area contributed by atoms with E-state index in [0.29, 0.717) is 11.3 Å². The zero-order chi connectivity index (χ0) is 15.5. The summed E-state index contributed by atoms with van der Waals surface area (Å²) < 4.78 is 27.1. The Kier molecular flexibility index (Phi) is 4.54. The number of pyridine rings is 1. The van der Waals surface area contributed by atoms with Crippen molar-refractivity contribution in [3.63, 3.8) is 0 Å². The normalized spacial score (nSPS) is 11.1. The summed E-state index contributed by atoms with van der Waals surface area (Å²) in [6, 6.07) is 9.75. The molecular weight excluding hydrogens is 306 g/mol. The van der Waals surface area contributed by atoms with Gasteiger partial charge in [-0.05, 0) is 25.1 Å². The van der Waals surface area contributed by atoms with Crippen LogP contribution in [-0.2, 0) is 10.0 Å². The minimum absolute atomic E-state index is 0.0555. The first-order chi connectivity index (χ1) is 9.98. The topological polar surface area (TPSA) is 76.3 Å². The minimum Gasteiger partial charge on any atom is -0.389 e. The zero-order valence-corrected chi connectivity index (χ0v) is 13.1. The average molecular weight is 321 g/mol. The lowest BCUT2D eigenvalue weighted by molar-refractivity contribution is 0.591. The fourth-order valence-electron chi connectivity index (χ4n) is 2.02. The fraction of sp³-hybridized carbons (Fsp3) is 0.143. The number of hydrogen-bond donors (Lipinski definition) is 1. The summed E-state index contributed by atoms with van der Waals surface area (Å²) in [6.45, 7) is 2.05. The van der Waals surface area contributed by atoms with Crippen LogP contribution in [0.15, 0.2) is 53.7 Å². The summed E-state index contributed by atoms with van der Waals surface area (Å²) in [5, 5.41) is 0. The van der Waals surface area contributed by atoms with E-state index in [1.54, 1.807) is 49.6 Å². The van der Waals surface area contributed by atoms with Crippen molar-refractivity contribution >= 4 is 32.9 Å². The van der Waals surface area contributed by atoms with E-state index in [4.69, 9.17) is 18.0 Å². The summed E-state index contributed by atoms with van der Waals surface area (Å²) in [7, 11) is -3.74. The second-order valence-corrected chi connectivity index (χ2v) is 6.51. The molecule has 2 rings (SSSR count). The number of sulfonamides is 1. The van der Waals surface area contributed by atoms with E-state index in [-0.39, 0.29) is 16.4 Å². The highest BCUT2D eigenvalue weighted by Crippen LogP contribution is 2.25. The molecule has 7 heteroatoms. The van der Waals surface area contributed by atoms with Crippen LogP contribution < -0.4 is 10.0 Å². The molecule has 0 amide bonds. The number of anilines is 1. The van der Waals surface area contributed by atoms with Crippen LogP contribution in [0.4, 0.5) is 5.69 Å². The van der Waals surface area contributed by atoms with Gasteiger partial charge in [-0.15, -0.1) is 0 Å². The maximum atomic E-state index is 12.9. The van der Waals surface area contributed by atoms with Gasteiger partial charge < -0.3 is 5.73 Å². The molecule has 0 aliphatic heterocycles. The molecule has 21 heavy (non-hydrogen) atoms. The van der Waals surface area contributed by atoms with Crippen molar-refractivity contribution in [2.45, 2.75) is 11.8 Å². The molecule has 0 spiro atoms. The monoisotopic (exact) mass is 321 g/mol. The molecule has 0 bridgehead atoms. The Labute approximate surface area is 129 Å². The van der Waals surface area contributed by atoms with Gasteiger partial charge in [0.25, 0.3) is 10.0 Å². The van der Waals surface area contributed by atoms with Crippen LogP contribution in [0.1, 0.15) is 12.5 Å². The van der Waals surface area contributed by atoms with Gasteiger partial charge in [-0.1, -0.05) is 30.4 Å². The van der Waals surface area contributed by atoms with Crippen molar-refractivity contribution < 1.29 is 8.42 Å². The number of hydrogen-bond acceptors (Lipinski definition) is 4. The van der Waals surface area contributed by atoms with E-state index in [2.05, 4.69) is 4.98 Å². The van der Waals surface area contributed by atoms with Crippen LogP contribution in [-0.4, -0.2) is 24.9 Å². The molecule has 0 atom stereocenters. The van der Waals surface area contributed by atoms with Crippen molar-refractivity contribution in [1.82, 2.24) is 4.98 Å². The van der Waals surface area contributed by atoms with Gasteiger partial charge in [0.2, 0.25) is 0 Å². The van der Waals surface area contributed by atoms with Crippen molar-refractivity contribution in [1.29, 1.82) is 0 Å². The summed E-state index contributed by atoms with van der Waals surface area (Å²) in [6.07, 6.45) is 3.10. The number of benzene rings is 1. The number of aromatic nitrogens is 1. The molecule has 2 aromatic rings. The first kappa shape index (κ1) is 15.4. The highest BCUT2D eigenvalue weighted by atomic mass is 32.2. The third-order valence-electron chi connectivity index (χ3n) is 2.96. The first-order valence-electron chi connectivity index (χ1n) is 6.30. The average Bonchev–Trinajstić information content (AvgIpc) is 2.49. The fourth-order valence-corrected chi connectivity index (χ4v) is 3.94.